The molecule has 0 saturated carbocycles. The molecule has 1 N–H and O–H groups in total. The molecule has 1 aromatic carbocycles. The fourth-order valence-corrected chi connectivity index (χ4v) is 2.49. The van der Waals surface area contributed by atoms with Crippen LogP contribution in [0.25, 0.3) is 0 Å². The highest BCUT2D eigenvalue weighted by Crippen LogP contribution is 2.34. The first-order chi connectivity index (χ1) is 10.2. The first kappa shape index (κ1) is 13.4. The molecule has 5 nitrogen and oxygen atoms in total. The van der Waals surface area contributed by atoms with Gasteiger partial charge in [-0.15, -0.1) is 0 Å². The first-order valence-corrected chi connectivity index (χ1v) is 6.91. The van der Waals surface area contributed by atoms with E-state index in [1.54, 1.807) is 30.5 Å². The Morgan fingerprint density at radius 2 is 2.29 bits per heavy atom. The number of phenols is 1. The summed E-state index contributed by atoms with van der Waals surface area (Å²) in [5.74, 6) is 0.805. The quantitative estimate of drug-likeness (QED) is 0.942. The van der Waals surface area contributed by atoms with E-state index in [9.17, 15) is 9.90 Å². The van der Waals surface area contributed by atoms with Crippen LogP contribution in [0.1, 0.15) is 37.1 Å². The van der Waals surface area contributed by atoms with Gasteiger partial charge in [-0.05, 0) is 29.8 Å². The molecule has 2 aromatic rings. The van der Waals surface area contributed by atoms with Crippen LogP contribution in [0.3, 0.4) is 0 Å². The van der Waals surface area contributed by atoms with Crippen molar-refractivity contribution in [2.45, 2.75) is 25.8 Å². The van der Waals surface area contributed by atoms with E-state index < -0.39 is 0 Å². The number of carbonyl (C=O) groups excluding carboxylic acids is 1. The Morgan fingerprint density at radius 1 is 1.43 bits per heavy atom. The van der Waals surface area contributed by atoms with E-state index in [4.69, 9.17) is 4.42 Å². The molecule has 3 rings (SSSR count). The summed E-state index contributed by atoms with van der Waals surface area (Å²) >= 11 is 0. The fourth-order valence-electron chi connectivity index (χ4n) is 2.49. The van der Waals surface area contributed by atoms with E-state index in [1.807, 2.05) is 19.1 Å². The summed E-state index contributed by atoms with van der Waals surface area (Å²) in [6.07, 6.45) is 2.54. The van der Waals surface area contributed by atoms with Crippen molar-refractivity contribution in [3.8, 4) is 5.75 Å². The average Bonchev–Trinajstić information content (AvgIpc) is 3.15. The number of aromatic hydroxyl groups is 1. The smallest absolute Gasteiger partial charge is 0.242 e. The minimum Gasteiger partial charge on any atom is -0.508 e. The molecule has 1 atom stereocenters. The van der Waals surface area contributed by atoms with Crippen LogP contribution in [0.4, 0.5) is 0 Å². The number of phenolic OH excluding ortho intramolecular Hbond substituents is 1. The fraction of sp³-hybridized carbons (Fsp3) is 0.250. The second-order valence-electron chi connectivity index (χ2n) is 4.93. The molecule has 1 aliphatic heterocycles. The summed E-state index contributed by atoms with van der Waals surface area (Å²) < 4.78 is 5.37. The van der Waals surface area contributed by atoms with E-state index in [2.05, 4.69) is 5.10 Å². The lowest BCUT2D eigenvalue weighted by Gasteiger charge is -2.21. The molecule has 21 heavy (non-hydrogen) atoms. The van der Waals surface area contributed by atoms with Gasteiger partial charge >= 0.3 is 0 Å². The van der Waals surface area contributed by atoms with E-state index in [-0.39, 0.29) is 17.7 Å². The Kier molecular flexibility index (Phi) is 3.48. The van der Waals surface area contributed by atoms with Gasteiger partial charge in [0.25, 0.3) is 0 Å². The number of nitrogens with zero attached hydrogens (tertiary/aromatic N) is 2. The number of furan rings is 1. The molecule has 1 aromatic heterocycles. The van der Waals surface area contributed by atoms with Crippen LogP contribution < -0.4 is 0 Å². The highest BCUT2D eigenvalue weighted by Gasteiger charge is 2.33. The zero-order chi connectivity index (χ0) is 14.8. The van der Waals surface area contributed by atoms with E-state index in [0.717, 1.165) is 11.3 Å². The van der Waals surface area contributed by atoms with Gasteiger partial charge in [0.05, 0.1) is 12.3 Å². The van der Waals surface area contributed by atoms with Gasteiger partial charge in [0.2, 0.25) is 5.91 Å². The normalized spacial score (nSPS) is 17.9. The second kappa shape index (κ2) is 5.44. The summed E-state index contributed by atoms with van der Waals surface area (Å²) in [6, 6.07) is 10.4. The zero-order valence-corrected chi connectivity index (χ0v) is 11.7. The Bertz CT molecular complexity index is 677. The van der Waals surface area contributed by atoms with Crippen molar-refractivity contribution in [1.82, 2.24) is 5.01 Å². The lowest BCUT2D eigenvalue weighted by Crippen LogP contribution is -2.26. The standard InChI is InChI=1S/C16H16N2O3/c1-2-16(20)18-14(11-5-3-6-12(19)9-11)10-13(17-18)15-7-4-8-21-15/h3-9,14,19H,2,10H2,1H3/t14-/m0/s1. The van der Waals surface area contributed by atoms with Crippen LogP contribution in [0.15, 0.2) is 52.2 Å². The van der Waals surface area contributed by atoms with Crippen LogP contribution in [0.5, 0.6) is 5.75 Å². The topological polar surface area (TPSA) is 66.0 Å². The summed E-state index contributed by atoms with van der Waals surface area (Å²) in [7, 11) is 0. The van der Waals surface area contributed by atoms with Crippen LogP contribution in [0.2, 0.25) is 0 Å². The summed E-state index contributed by atoms with van der Waals surface area (Å²) in [4.78, 5) is 12.1. The van der Waals surface area contributed by atoms with E-state index >= 15 is 0 Å². The zero-order valence-electron chi connectivity index (χ0n) is 11.7. The van der Waals surface area contributed by atoms with Crippen molar-refractivity contribution in [2.24, 2.45) is 5.10 Å². The molecule has 0 bridgehead atoms. The van der Waals surface area contributed by atoms with Gasteiger partial charge in [-0.1, -0.05) is 19.1 Å². The number of amides is 1. The molecule has 1 amide bonds. The number of hydrogen-bond donors (Lipinski definition) is 1. The Balaban J connectivity index is 1.95. The minimum atomic E-state index is -0.204. The van der Waals surface area contributed by atoms with Crippen LogP contribution in [-0.2, 0) is 4.79 Å². The first-order valence-electron chi connectivity index (χ1n) is 6.91. The monoisotopic (exact) mass is 284 g/mol. The maximum absolute atomic E-state index is 12.1. The lowest BCUT2D eigenvalue weighted by molar-refractivity contribution is -0.132. The molecule has 0 aliphatic carbocycles. The van der Waals surface area contributed by atoms with Gasteiger partial charge < -0.3 is 9.52 Å². The van der Waals surface area contributed by atoms with Crippen molar-refractivity contribution in [1.29, 1.82) is 0 Å². The van der Waals surface area contributed by atoms with Crippen molar-refractivity contribution >= 4 is 11.6 Å². The molecule has 1 aliphatic rings. The molecule has 108 valence electrons. The van der Waals surface area contributed by atoms with Crippen LogP contribution in [0, 0.1) is 0 Å². The minimum absolute atomic E-state index is 0.0510. The van der Waals surface area contributed by atoms with Gasteiger partial charge in [0.1, 0.15) is 17.2 Å². The maximum Gasteiger partial charge on any atom is 0.242 e. The second-order valence-corrected chi connectivity index (χ2v) is 4.93. The SMILES string of the molecule is CCC(=O)N1N=C(c2ccco2)C[C@H]1c1cccc(O)c1. The molecule has 5 heteroatoms. The van der Waals surface area contributed by atoms with Gasteiger partial charge in [-0.3, -0.25) is 4.79 Å². The number of hydrogen-bond acceptors (Lipinski definition) is 4. The van der Waals surface area contributed by atoms with E-state index in [1.165, 1.54) is 5.01 Å². The van der Waals surface area contributed by atoms with Crippen molar-refractivity contribution in [2.75, 3.05) is 0 Å². The predicted octanol–water partition coefficient (Wildman–Crippen LogP) is 3.07. The van der Waals surface area contributed by atoms with E-state index in [0.29, 0.717) is 18.6 Å². The predicted molar refractivity (Wildman–Crippen MR) is 77.8 cm³/mol. The molecule has 0 spiro atoms. The third-order valence-electron chi connectivity index (χ3n) is 3.53. The van der Waals surface area contributed by atoms with Crippen molar-refractivity contribution < 1.29 is 14.3 Å². The van der Waals surface area contributed by atoms with Crippen molar-refractivity contribution in [3.05, 3.63) is 54.0 Å². The molecular formula is C16H16N2O3. The Morgan fingerprint density at radius 3 is 2.95 bits per heavy atom. The Labute approximate surface area is 122 Å². The maximum atomic E-state index is 12.1. The number of rotatable bonds is 3. The molecule has 0 fully saturated rings. The number of benzene rings is 1. The lowest BCUT2D eigenvalue weighted by atomic mass is 10.0. The average molecular weight is 284 g/mol. The number of hydrazone groups is 1. The van der Waals surface area contributed by atoms with Crippen LogP contribution in [-0.4, -0.2) is 21.7 Å². The Hall–Kier alpha value is -2.56. The van der Waals surface area contributed by atoms with Gasteiger partial charge in [-0.25, -0.2) is 5.01 Å². The largest absolute Gasteiger partial charge is 0.508 e. The third kappa shape index (κ3) is 2.54. The molecule has 0 unspecified atom stereocenters. The number of carbonyl (C=O) groups is 1. The molecule has 0 saturated heterocycles. The van der Waals surface area contributed by atoms with Crippen molar-refractivity contribution in [3.63, 3.8) is 0 Å². The highest BCUT2D eigenvalue weighted by atomic mass is 16.3. The van der Waals surface area contributed by atoms with Gasteiger partial charge in [-0.2, -0.15) is 5.10 Å². The molecular weight excluding hydrogens is 268 g/mol. The third-order valence-corrected chi connectivity index (χ3v) is 3.53. The summed E-state index contributed by atoms with van der Waals surface area (Å²) in [5.41, 5.74) is 1.61. The summed E-state index contributed by atoms with van der Waals surface area (Å²) in [5, 5.41) is 15.6. The van der Waals surface area contributed by atoms with Gasteiger partial charge in [0, 0.05) is 12.8 Å². The highest BCUT2D eigenvalue weighted by molar-refractivity contribution is 6.01. The van der Waals surface area contributed by atoms with Crippen LogP contribution >= 0.6 is 0 Å². The molecule has 2 heterocycles. The summed E-state index contributed by atoms with van der Waals surface area (Å²) in [6.45, 7) is 1.81. The molecule has 0 radical (unpaired) electrons. The van der Waals surface area contributed by atoms with Gasteiger partial charge in [0.15, 0.2) is 0 Å².